The number of esters is 1. The van der Waals surface area contributed by atoms with Crippen molar-refractivity contribution in [1.29, 1.82) is 0 Å². The van der Waals surface area contributed by atoms with E-state index in [-0.39, 0.29) is 27.2 Å². The molecule has 1 heterocycles. The van der Waals surface area contributed by atoms with Crippen LogP contribution in [0.2, 0.25) is 0 Å². The normalized spacial score (nSPS) is 13.6. The molecule has 0 spiro atoms. The van der Waals surface area contributed by atoms with Gasteiger partial charge in [0, 0.05) is 18.4 Å². The number of allylic oxidation sites excluding steroid dienone is 2. The van der Waals surface area contributed by atoms with Crippen molar-refractivity contribution < 1.29 is 31.1 Å². The summed E-state index contributed by atoms with van der Waals surface area (Å²) in [4.78, 5) is 18.2. The number of ether oxygens (including phenoxy) is 1. The summed E-state index contributed by atoms with van der Waals surface area (Å²) in [6.07, 6.45) is -3.83. The largest absolute Gasteiger partial charge is 0.463 e. The summed E-state index contributed by atoms with van der Waals surface area (Å²) in [6, 6.07) is 5.87. The van der Waals surface area contributed by atoms with Crippen LogP contribution in [0.5, 0.6) is 0 Å². The number of hydrogen-bond acceptors (Lipinski definition) is 10. The number of alkyl halides is 3. The van der Waals surface area contributed by atoms with Crippen LogP contribution in [0.15, 0.2) is 44.3 Å². The lowest BCUT2D eigenvalue weighted by molar-refractivity contribution is -0.142. The molecule has 198 valence electrons. The fourth-order valence-electron chi connectivity index (χ4n) is 2.80. The SMILES string of the molecule is CCN(CC)CCOC(=O)CN=C(/C(Br)=C(\N)C(F)(F)F)c1nnc(-c2cccc(S(C)(=O)=O)c2)s1. The van der Waals surface area contributed by atoms with Gasteiger partial charge in [-0.05, 0) is 41.2 Å². The molecule has 15 heteroatoms. The first-order chi connectivity index (χ1) is 16.8. The van der Waals surface area contributed by atoms with Crippen molar-refractivity contribution in [2.45, 2.75) is 24.9 Å². The molecule has 1 aromatic carbocycles. The third-order valence-corrected chi connectivity index (χ3v) is 7.71. The van der Waals surface area contributed by atoms with Crippen molar-refractivity contribution in [2.24, 2.45) is 10.7 Å². The number of halogens is 4. The number of nitrogens with two attached hydrogens (primary N) is 1. The molecule has 0 unspecified atom stereocenters. The van der Waals surface area contributed by atoms with E-state index in [1.807, 2.05) is 18.7 Å². The minimum atomic E-state index is -4.87. The number of aromatic nitrogens is 2. The number of rotatable bonds is 11. The fourth-order valence-corrected chi connectivity index (χ4v) is 4.99. The Hall–Kier alpha value is -2.36. The number of aliphatic imine (C=N–C) groups is 1. The van der Waals surface area contributed by atoms with Crippen LogP contribution in [-0.4, -0.2) is 80.4 Å². The van der Waals surface area contributed by atoms with Gasteiger partial charge in [-0.3, -0.25) is 9.79 Å². The summed E-state index contributed by atoms with van der Waals surface area (Å²) in [5.41, 5.74) is 3.85. The third kappa shape index (κ3) is 8.35. The molecule has 9 nitrogen and oxygen atoms in total. The van der Waals surface area contributed by atoms with E-state index in [0.717, 1.165) is 30.7 Å². The smallest absolute Gasteiger partial charge is 0.431 e. The van der Waals surface area contributed by atoms with Crippen molar-refractivity contribution >= 4 is 48.8 Å². The number of carbonyl (C=O) groups excluding carboxylic acids is 1. The van der Waals surface area contributed by atoms with Crippen LogP contribution >= 0.6 is 27.3 Å². The van der Waals surface area contributed by atoms with E-state index in [1.165, 1.54) is 18.2 Å². The molecular formula is C21H25BrF3N5O4S2. The average molecular weight is 612 g/mol. The molecule has 0 amide bonds. The summed E-state index contributed by atoms with van der Waals surface area (Å²) in [6.45, 7) is 5.51. The van der Waals surface area contributed by atoms with Crippen molar-refractivity contribution in [3.63, 3.8) is 0 Å². The second-order valence-corrected chi connectivity index (χ2v) is 11.1. The van der Waals surface area contributed by atoms with E-state index in [4.69, 9.17) is 10.5 Å². The molecule has 0 saturated carbocycles. The summed E-state index contributed by atoms with van der Waals surface area (Å²) >= 11 is 3.69. The fraction of sp³-hybridized carbons (Fsp3) is 0.429. The molecule has 0 aliphatic rings. The Morgan fingerprint density at radius 2 is 1.92 bits per heavy atom. The predicted octanol–water partition coefficient (Wildman–Crippen LogP) is 3.41. The van der Waals surface area contributed by atoms with Gasteiger partial charge in [0.2, 0.25) is 0 Å². The van der Waals surface area contributed by atoms with Crippen LogP contribution in [0, 0.1) is 0 Å². The number of sulfone groups is 1. The number of likely N-dealkylation sites (N-methyl/N-ethyl adjacent to an activating group) is 1. The molecular weight excluding hydrogens is 587 g/mol. The Morgan fingerprint density at radius 3 is 2.50 bits per heavy atom. The Morgan fingerprint density at radius 1 is 1.25 bits per heavy atom. The van der Waals surface area contributed by atoms with Gasteiger partial charge in [-0.1, -0.05) is 37.3 Å². The van der Waals surface area contributed by atoms with E-state index < -0.39 is 38.7 Å². The lowest BCUT2D eigenvalue weighted by atomic mass is 10.2. The van der Waals surface area contributed by atoms with Crippen LogP contribution in [0.3, 0.4) is 0 Å². The van der Waals surface area contributed by atoms with Crippen LogP contribution in [-0.2, 0) is 19.4 Å². The maximum Gasteiger partial charge on any atom is 0.431 e. The Balaban J connectivity index is 2.37. The highest BCUT2D eigenvalue weighted by molar-refractivity contribution is 9.12. The molecule has 1 aromatic heterocycles. The van der Waals surface area contributed by atoms with Crippen LogP contribution in [0.25, 0.3) is 10.6 Å². The van der Waals surface area contributed by atoms with E-state index in [1.54, 1.807) is 6.07 Å². The van der Waals surface area contributed by atoms with Gasteiger partial charge >= 0.3 is 12.1 Å². The summed E-state index contributed by atoms with van der Waals surface area (Å²) in [5.74, 6) is -0.740. The molecule has 0 radical (unpaired) electrons. The van der Waals surface area contributed by atoms with Crippen LogP contribution in [0.4, 0.5) is 13.2 Å². The number of hydrogen-bond donors (Lipinski definition) is 1. The van der Waals surface area contributed by atoms with Crippen molar-refractivity contribution in [3.8, 4) is 10.6 Å². The lowest BCUT2D eigenvalue weighted by Crippen LogP contribution is -2.28. The second-order valence-electron chi connectivity index (χ2n) is 7.35. The standard InChI is InChI=1S/C21H25BrF3N5O4S2/c1-4-30(5-2)9-10-34-15(31)12-27-17(16(22)18(26)21(23,24)25)20-29-28-19(35-20)13-7-6-8-14(11-13)36(3,32)33/h6-8,11H,4-5,9-10,12,26H2,1-3H3/b18-16+,27-17?. The molecule has 2 rings (SSSR count). The Kier molecular flexibility index (Phi) is 10.6. The molecule has 0 atom stereocenters. The maximum absolute atomic E-state index is 13.3. The summed E-state index contributed by atoms with van der Waals surface area (Å²) in [5, 5.41) is 8.02. The van der Waals surface area contributed by atoms with Gasteiger partial charge in [-0.25, -0.2) is 8.42 Å². The molecule has 2 N–H and O–H groups in total. The first kappa shape index (κ1) is 29.9. The topological polar surface area (TPSA) is 128 Å². The number of benzene rings is 1. The summed E-state index contributed by atoms with van der Waals surface area (Å²) < 4.78 is 68.0. The van der Waals surface area contributed by atoms with E-state index in [9.17, 15) is 26.4 Å². The monoisotopic (exact) mass is 611 g/mol. The highest BCUT2D eigenvalue weighted by Crippen LogP contribution is 2.32. The predicted molar refractivity (Wildman–Crippen MR) is 135 cm³/mol. The molecule has 36 heavy (non-hydrogen) atoms. The number of carbonyl (C=O) groups is 1. The van der Waals surface area contributed by atoms with Crippen molar-refractivity contribution in [3.05, 3.63) is 39.5 Å². The average Bonchev–Trinajstić information content (AvgIpc) is 3.30. The van der Waals surface area contributed by atoms with E-state index in [2.05, 4.69) is 31.1 Å². The molecule has 0 aliphatic heterocycles. The zero-order chi connectivity index (χ0) is 27.1. The molecule has 2 aromatic rings. The maximum atomic E-state index is 13.3. The van der Waals surface area contributed by atoms with Gasteiger partial charge in [-0.15, -0.1) is 10.2 Å². The van der Waals surface area contributed by atoms with Gasteiger partial charge in [0.1, 0.15) is 29.6 Å². The molecule has 0 aliphatic carbocycles. The third-order valence-electron chi connectivity index (χ3n) is 4.82. The summed E-state index contributed by atoms with van der Waals surface area (Å²) in [7, 11) is -3.50. The quantitative estimate of drug-likeness (QED) is 0.302. The highest BCUT2D eigenvalue weighted by Gasteiger charge is 2.36. The number of nitrogens with zero attached hydrogens (tertiary/aromatic N) is 4. The van der Waals surface area contributed by atoms with E-state index in [0.29, 0.717) is 12.1 Å². The van der Waals surface area contributed by atoms with Gasteiger partial charge in [0.15, 0.2) is 14.8 Å². The molecule has 0 fully saturated rings. The van der Waals surface area contributed by atoms with E-state index >= 15 is 0 Å². The lowest BCUT2D eigenvalue weighted by Gasteiger charge is -2.17. The van der Waals surface area contributed by atoms with Gasteiger partial charge in [-0.2, -0.15) is 13.2 Å². The van der Waals surface area contributed by atoms with Crippen LogP contribution in [0.1, 0.15) is 18.9 Å². The van der Waals surface area contributed by atoms with Gasteiger partial charge in [0.25, 0.3) is 0 Å². The van der Waals surface area contributed by atoms with Gasteiger partial charge < -0.3 is 15.4 Å². The van der Waals surface area contributed by atoms with Crippen molar-refractivity contribution in [1.82, 2.24) is 15.1 Å². The zero-order valence-electron chi connectivity index (χ0n) is 19.7. The van der Waals surface area contributed by atoms with Crippen LogP contribution < -0.4 is 5.73 Å². The zero-order valence-corrected chi connectivity index (χ0v) is 22.9. The first-order valence-corrected chi connectivity index (χ1v) is 14.1. The van der Waals surface area contributed by atoms with Gasteiger partial charge in [0.05, 0.1) is 9.38 Å². The Bertz CT molecular complexity index is 1240. The first-order valence-electron chi connectivity index (χ1n) is 10.6. The molecule has 0 saturated heterocycles. The minimum absolute atomic E-state index is 0.0421. The van der Waals surface area contributed by atoms with Crippen molar-refractivity contribution in [2.75, 3.05) is 39.0 Å². The minimum Gasteiger partial charge on any atom is -0.463 e. The Labute approximate surface area is 219 Å². The molecule has 0 bridgehead atoms. The highest BCUT2D eigenvalue weighted by atomic mass is 79.9. The second kappa shape index (κ2) is 12.7.